The van der Waals surface area contributed by atoms with Crippen molar-refractivity contribution in [2.45, 2.75) is 45.6 Å². The van der Waals surface area contributed by atoms with Crippen LogP contribution < -0.4 is 10.1 Å². The molecule has 1 spiro atoms. The Morgan fingerprint density at radius 3 is 2.50 bits per heavy atom. The molecule has 6 rings (SSSR count). The van der Waals surface area contributed by atoms with Gasteiger partial charge in [0.1, 0.15) is 34.7 Å². The largest absolute Gasteiger partial charge is 0.493 e. The summed E-state index contributed by atoms with van der Waals surface area (Å²) in [6.45, 7) is 5.95. The van der Waals surface area contributed by atoms with E-state index in [1.54, 1.807) is 32.3 Å². The zero-order valence-corrected chi connectivity index (χ0v) is 24.4. The van der Waals surface area contributed by atoms with Gasteiger partial charge in [-0.2, -0.15) is 4.59 Å². The molecule has 218 valence electrons. The van der Waals surface area contributed by atoms with Gasteiger partial charge in [-0.1, -0.05) is 10.3 Å². The Hall–Kier alpha value is -4.45. The maximum absolute atomic E-state index is 14.6. The second-order valence-electron chi connectivity index (χ2n) is 11.8. The van der Waals surface area contributed by atoms with Crippen molar-refractivity contribution in [3.63, 3.8) is 0 Å². The predicted molar refractivity (Wildman–Crippen MR) is 152 cm³/mol. The summed E-state index contributed by atoms with van der Waals surface area (Å²) in [5, 5.41) is 15.2. The van der Waals surface area contributed by atoms with Gasteiger partial charge in [-0.05, 0) is 62.2 Å². The number of fused-ring (bicyclic) bond motifs is 1. The van der Waals surface area contributed by atoms with E-state index in [1.807, 2.05) is 34.0 Å². The number of ether oxygens (including phenoxy) is 1. The first-order valence-electron chi connectivity index (χ1n) is 13.8. The Kier molecular flexibility index (Phi) is 6.48. The highest BCUT2D eigenvalue weighted by Crippen LogP contribution is 2.62. The van der Waals surface area contributed by atoms with Crippen LogP contribution >= 0.6 is 0 Å². The van der Waals surface area contributed by atoms with Crippen LogP contribution in [0.1, 0.15) is 60.0 Å². The second kappa shape index (κ2) is 9.83. The summed E-state index contributed by atoms with van der Waals surface area (Å²) in [4.78, 5) is 33.8. The van der Waals surface area contributed by atoms with Crippen LogP contribution in [0.5, 0.6) is 5.75 Å². The van der Waals surface area contributed by atoms with Crippen molar-refractivity contribution in [2.24, 2.45) is 10.5 Å². The Bertz CT molecular complexity index is 1660. The highest BCUT2D eigenvalue weighted by molar-refractivity contribution is 6.23. The van der Waals surface area contributed by atoms with Gasteiger partial charge in [0.2, 0.25) is 5.91 Å². The SMILES string of the molecule is CC1=N[N+](C)(C)C(C)=C1c1ccc(NC(=O)[C@H](C2c3cc(F)ccc3OCC23CC3)N(C)C(=O)c2nonc2C)cn1. The van der Waals surface area contributed by atoms with E-state index in [-0.39, 0.29) is 5.69 Å². The number of aromatic nitrogens is 3. The summed E-state index contributed by atoms with van der Waals surface area (Å²) in [6.07, 6.45) is 3.16. The number of nitrogens with one attached hydrogen (secondary N) is 1. The molecular formula is C30H33FN7O4+. The lowest BCUT2D eigenvalue weighted by Crippen LogP contribution is -2.52. The lowest BCUT2D eigenvalue weighted by molar-refractivity contribution is -0.856. The highest BCUT2D eigenvalue weighted by Gasteiger charge is 2.59. The maximum atomic E-state index is 14.6. The minimum atomic E-state index is -1.02. The molecule has 11 nitrogen and oxygen atoms in total. The highest BCUT2D eigenvalue weighted by atomic mass is 19.1. The average molecular weight is 575 g/mol. The number of anilines is 1. The van der Waals surface area contributed by atoms with Crippen LogP contribution in [0, 0.1) is 18.2 Å². The molecule has 1 N–H and O–H groups in total. The molecule has 1 fully saturated rings. The van der Waals surface area contributed by atoms with Crippen LogP contribution in [-0.4, -0.2) is 76.1 Å². The number of pyridine rings is 1. The molecule has 3 aromatic rings. The first-order chi connectivity index (χ1) is 19.9. The number of hydrogen-bond acceptors (Lipinski definition) is 8. The summed E-state index contributed by atoms with van der Waals surface area (Å²) in [5.74, 6) is -1.43. The van der Waals surface area contributed by atoms with Crippen LogP contribution in [0.4, 0.5) is 10.1 Å². The van der Waals surface area contributed by atoms with E-state index in [0.29, 0.717) is 33.9 Å². The van der Waals surface area contributed by atoms with E-state index in [0.717, 1.165) is 35.5 Å². The van der Waals surface area contributed by atoms with Gasteiger partial charge in [0.25, 0.3) is 5.91 Å². The minimum Gasteiger partial charge on any atom is -0.493 e. The van der Waals surface area contributed by atoms with Gasteiger partial charge in [-0.25, -0.2) is 9.02 Å². The Morgan fingerprint density at radius 1 is 1.14 bits per heavy atom. The molecular weight excluding hydrogens is 541 g/mol. The fourth-order valence-electron chi connectivity index (χ4n) is 6.16. The summed E-state index contributed by atoms with van der Waals surface area (Å²) < 4.78 is 25.7. The van der Waals surface area contributed by atoms with Gasteiger partial charge in [-0.15, -0.1) is 0 Å². The number of benzene rings is 1. The summed E-state index contributed by atoms with van der Waals surface area (Å²) in [6, 6.07) is 6.90. The third-order valence-corrected chi connectivity index (χ3v) is 8.78. The zero-order chi connectivity index (χ0) is 30.0. The van der Waals surface area contributed by atoms with E-state index in [4.69, 9.17) is 14.5 Å². The summed E-state index contributed by atoms with van der Waals surface area (Å²) in [5.41, 5.74) is 4.60. The molecule has 0 bridgehead atoms. The van der Waals surface area contributed by atoms with Crippen molar-refractivity contribution in [1.29, 1.82) is 0 Å². The maximum Gasteiger partial charge on any atom is 0.278 e. The molecule has 3 aliphatic rings. The monoisotopic (exact) mass is 574 g/mol. The smallest absolute Gasteiger partial charge is 0.278 e. The van der Waals surface area contributed by atoms with Crippen LogP contribution in [0.25, 0.3) is 5.57 Å². The Balaban J connectivity index is 1.36. The van der Waals surface area contributed by atoms with Crippen molar-refractivity contribution in [1.82, 2.24) is 20.2 Å². The standard InChI is InChI=1S/C30H32FN7O4/c1-16-24(18(3)38(5,6)34-16)22-9-8-20(14-32-22)33-28(39)27(37(4)29(40)26-17(2)35-42-36-26)25-21-13-19(31)7-10-23(21)41-15-30(25)11-12-30/h7-10,13-14,25,27H,11-12,15H2,1-6H3/p+1/t25?,27-/m0/s1. The molecule has 2 aromatic heterocycles. The zero-order valence-electron chi connectivity index (χ0n) is 24.4. The lowest BCUT2D eigenvalue weighted by Gasteiger charge is -2.41. The number of allylic oxidation sites excluding steroid dienone is 2. The van der Waals surface area contributed by atoms with Crippen LogP contribution in [0.3, 0.4) is 0 Å². The molecule has 1 aromatic carbocycles. The van der Waals surface area contributed by atoms with Gasteiger partial charge in [-0.3, -0.25) is 14.6 Å². The molecule has 1 unspecified atom stereocenters. The van der Waals surface area contributed by atoms with E-state index < -0.39 is 35.0 Å². The average Bonchev–Trinajstić information content (AvgIpc) is 3.52. The fraction of sp³-hybridized carbons (Fsp3) is 0.400. The number of carbonyl (C=O) groups excluding carboxylic acids is 2. The van der Waals surface area contributed by atoms with E-state index in [1.165, 1.54) is 17.0 Å². The number of quaternary nitrogens is 1. The van der Waals surface area contributed by atoms with Gasteiger partial charge < -0.3 is 15.0 Å². The molecule has 1 aliphatic carbocycles. The van der Waals surface area contributed by atoms with Gasteiger partial charge >= 0.3 is 0 Å². The van der Waals surface area contributed by atoms with Crippen LogP contribution in [0.15, 0.2) is 52.0 Å². The number of halogens is 1. The van der Waals surface area contributed by atoms with Crippen molar-refractivity contribution in [3.05, 3.63) is 70.7 Å². The second-order valence-corrected chi connectivity index (χ2v) is 11.8. The fourth-order valence-corrected chi connectivity index (χ4v) is 6.16. The van der Waals surface area contributed by atoms with Crippen molar-refractivity contribution >= 4 is 28.8 Å². The normalized spacial score (nSPS) is 20.5. The molecule has 2 aliphatic heterocycles. The van der Waals surface area contributed by atoms with E-state index >= 15 is 0 Å². The number of nitrogens with zero attached hydrogens (tertiary/aromatic N) is 6. The third-order valence-electron chi connectivity index (χ3n) is 8.78. The first kappa shape index (κ1) is 27.7. The van der Waals surface area contributed by atoms with Crippen LogP contribution in [0.2, 0.25) is 0 Å². The van der Waals surface area contributed by atoms with E-state index in [2.05, 4.69) is 20.6 Å². The Labute approximate surface area is 242 Å². The molecule has 0 radical (unpaired) electrons. The first-order valence-corrected chi connectivity index (χ1v) is 13.8. The van der Waals surface area contributed by atoms with Crippen LogP contribution in [-0.2, 0) is 4.79 Å². The summed E-state index contributed by atoms with van der Waals surface area (Å²) >= 11 is 0. The number of hydrogen-bond donors (Lipinski definition) is 1. The molecule has 0 saturated heterocycles. The van der Waals surface area contributed by atoms with Crippen molar-refractivity contribution in [3.8, 4) is 5.75 Å². The number of carbonyl (C=O) groups is 2. The molecule has 2 amide bonds. The lowest BCUT2D eigenvalue weighted by atomic mass is 9.75. The predicted octanol–water partition coefficient (Wildman–Crippen LogP) is 4.14. The quantitative estimate of drug-likeness (QED) is 0.439. The Morgan fingerprint density at radius 2 is 1.90 bits per heavy atom. The van der Waals surface area contributed by atoms with Crippen molar-refractivity contribution in [2.75, 3.05) is 33.1 Å². The topological polar surface area (TPSA) is 123 Å². The molecule has 1 saturated carbocycles. The van der Waals surface area contributed by atoms with E-state index in [9.17, 15) is 14.0 Å². The number of aryl methyl sites for hydroxylation is 1. The number of rotatable bonds is 6. The number of amides is 2. The van der Waals surface area contributed by atoms with Gasteiger partial charge in [0.05, 0.1) is 43.9 Å². The molecule has 42 heavy (non-hydrogen) atoms. The van der Waals surface area contributed by atoms with Gasteiger partial charge in [0, 0.05) is 30.9 Å². The third kappa shape index (κ3) is 4.55. The molecule has 12 heteroatoms. The number of likely N-dealkylation sites (N-methyl/N-ethyl adjacent to an activating group) is 1. The molecule has 2 atom stereocenters. The van der Waals surface area contributed by atoms with Crippen molar-refractivity contribution < 1.29 is 27.9 Å². The molecule has 4 heterocycles. The van der Waals surface area contributed by atoms with Gasteiger partial charge in [0.15, 0.2) is 5.69 Å². The summed E-state index contributed by atoms with van der Waals surface area (Å²) in [7, 11) is 5.55. The minimum absolute atomic E-state index is 0.0104.